The Morgan fingerprint density at radius 2 is 2.00 bits per heavy atom. The molecule has 0 bridgehead atoms. The number of nitrogens with one attached hydrogen (secondary N) is 2. The summed E-state index contributed by atoms with van der Waals surface area (Å²) in [6.45, 7) is 4.62. The number of amides is 2. The van der Waals surface area contributed by atoms with Gasteiger partial charge in [-0.05, 0) is 42.2 Å². The molecule has 146 valence electrons. The highest BCUT2D eigenvalue weighted by Gasteiger charge is 2.12. The van der Waals surface area contributed by atoms with E-state index in [4.69, 9.17) is 16.3 Å². The number of para-hydroxylation sites is 1. The summed E-state index contributed by atoms with van der Waals surface area (Å²) in [5.41, 5.74) is 1.77. The van der Waals surface area contributed by atoms with Crippen molar-refractivity contribution in [3.8, 4) is 5.75 Å². The van der Waals surface area contributed by atoms with E-state index in [0.29, 0.717) is 33.4 Å². The van der Waals surface area contributed by atoms with E-state index in [1.807, 2.05) is 18.2 Å². The number of carbonyl (C=O) groups excluding carboxylic acids is 1. The molecule has 2 amide bonds. The number of aromatic nitrogens is 2. The summed E-state index contributed by atoms with van der Waals surface area (Å²) >= 11 is 7.18. The van der Waals surface area contributed by atoms with Crippen molar-refractivity contribution < 1.29 is 9.53 Å². The molecule has 0 aliphatic carbocycles. The van der Waals surface area contributed by atoms with E-state index in [2.05, 4.69) is 40.7 Å². The molecule has 0 spiro atoms. The molecule has 1 aromatic heterocycles. The van der Waals surface area contributed by atoms with Crippen molar-refractivity contribution in [3.05, 3.63) is 64.1 Å². The van der Waals surface area contributed by atoms with Gasteiger partial charge in [0.25, 0.3) is 0 Å². The maximum atomic E-state index is 12.1. The maximum absolute atomic E-state index is 12.1. The average molecular weight is 417 g/mol. The Kier molecular flexibility index (Phi) is 6.84. The number of hydrogen-bond donors (Lipinski definition) is 2. The Morgan fingerprint density at radius 1 is 1.18 bits per heavy atom. The van der Waals surface area contributed by atoms with Gasteiger partial charge in [0.2, 0.25) is 5.13 Å². The largest absolute Gasteiger partial charge is 0.486 e. The average Bonchev–Trinajstić information content (AvgIpc) is 3.13. The van der Waals surface area contributed by atoms with Gasteiger partial charge in [0.05, 0.1) is 0 Å². The van der Waals surface area contributed by atoms with Crippen LogP contribution in [0, 0.1) is 0 Å². The number of anilines is 2. The van der Waals surface area contributed by atoms with Crippen LogP contribution in [0.2, 0.25) is 5.02 Å². The Bertz CT molecular complexity index is 947. The number of nitrogens with zero attached hydrogens (tertiary/aromatic N) is 2. The third-order valence-corrected chi connectivity index (χ3v) is 5.23. The van der Waals surface area contributed by atoms with Crippen molar-refractivity contribution in [3.63, 3.8) is 0 Å². The smallest absolute Gasteiger partial charge is 0.325 e. The lowest BCUT2D eigenvalue weighted by Gasteiger charge is -2.14. The minimum absolute atomic E-state index is 0.294. The number of rotatable bonds is 7. The molecule has 2 N–H and O–H groups in total. The first-order valence-corrected chi connectivity index (χ1v) is 10.1. The van der Waals surface area contributed by atoms with Gasteiger partial charge in [-0.25, -0.2) is 4.79 Å². The van der Waals surface area contributed by atoms with Crippen molar-refractivity contribution in [2.45, 2.75) is 32.8 Å². The summed E-state index contributed by atoms with van der Waals surface area (Å²) in [5, 5.41) is 15.1. The highest BCUT2D eigenvalue weighted by Crippen LogP contribution is 2.29. The van der Waals surface area contributed by atoms with Gasteiger partial charge in [-0.2, -0.15) is 0 Å². The fourth-order valence-electron chi connectivity index (χ4n) is 2.57. The van der Waals surface area contributed by atoms with Crippen LogP contribution in [0.5, 0.6) is 5.75 Å². The second kappa shape index (κ2) is 9.52. The molecule has 0 unspecified atom stereocenters. The molecule has 0 fully saturated rings. The molecular weight excluding hydrogens is 396 g/mol. The first-order valence-electron chi connectivity index (χ1n) is 8.93. The van der Waals surface area contributed by atoms with E-state index in [1.54, 1.807) is 24.3 Å². The molecule has 6 nitrogen and oxygen atoms in total. The van der Waals surface area contributed by atoms with Crippen molar-refractivity contribution in [1.29, 1.82) is 0 Å². The zero-order valence-electron chi connectivity index (χ0n) is 15.6. The summed E-state index contributed by atoms with van der Waals surface area (Å²) in [4.78, 5) is 12.1. The molecule has 8 heteroatoms. The monoisotopic (exact) mass is 416 g/mol. The molecule has 0 aliphatic heterocycles. The SMILES string of the molecule is CC[C@H](C)c1ccccc1OCc1nnc(NC(=O)Nc2cccc(Cl)c2)s1. The summed E-state index contributed by atoms with van der Waals surface area (Å²) in [6, 6.07) is 14.5. The van der Waals surface area contributed by atoms with E-state index in [0.717, 1.165) is 12.2 Å². The number of halogens is 1. The Balaban J connectivity index is 1.57. The van der Waals surface area contributed by atoms with Crippen LogP contribution >= 0.6 is 22.9 Å². The topological polar surface area (TPSA) is 76.1 Å². The highest BCUT2D eigenvalue weighted by atomic mass is 35.5. The summed E-state index contributed by atoms with van der Waals surface area (Å²) < 4.78 is 5.94. The van der Waals surface area contributed by atoms with E-state index in [1.165, 1.54) is 16.9 Å². The predicted octanol–water partition coefficient (Wildman–Crippen LogP) is 5.93. The van der Waals surface area contributed by atoms with Gasteiger partial charge in [-0.15, -0.1) is 10.2 Å². The molecule has 1 atom stereocenters. The fourth-order valence-corrected chi connectivity index (χ4v) is 3.40. The second-order valence-electron chi connectivity index (χ2n) is 6.23. The van der Waals surface area contributed by atoms with Crippen LogP contribution in [0.25, 0.3) is 0 Å². The number of hydrogen-bond acceptors (Lipinski definition) is 5. The summed E-state index contributed by atoms with van der Waals surface area (Å²) in [7, 11) is 0. The highest BCUT2D eigenvalue weighted by molar-refractivity contribution is 7.15. The maximum Gasteiger partial charge on any atom is 0.325 e. The predicted molar refractivity (Wildman–Crippen MR) is 113 cm³/mol. The summed E-state index contributed by atoms with van der Waals surface area (Å²) in [5.74, 6) is 1.26. The van der Waals surface area contributed by atoms with Crippen LogP contribution in [0.15, 0.2) is 48.5 Å². The quantitative estimate of drug-likeness (QED) is 0.500. The van der Waals surface area contributed by atoms with Gasteiger partial charge >= 0.3 is 6.03 Å². The van der Waals surface area contributed by atoms with Crippen molar-refractivity contribution >= 4 is 39.8 Å². The van der Waals surface area contributed by atoms with Gasteiger partial charge < -0.3 is 10.1 Å². The van der Waals surface area contributed by atoms with Crippen LogP contribution in [-0.4, -0.2) is 16.2 Å². The lowest BCUT2D eigenvalue weighted by Crippen LogP contribution is -2.19. The molecule has 2 aromatic carbocycles. The zero-order chi connectivity index (χ0) is 19.9. The third kappa shape index (κ3) is 5.43. The summed E-state index contributed by atoms with van der Waals surface area (Å²) in [6.07, 6.45) is 1.04. The van der Waals surface area contributed by atoms with Gasteiger partial charge in [0, 0.05) is 10.7 Å². The first-order chi connectivity index (χ1) is 13.5. The van der Waals surface area contributed by atoms with Crippen LogP contribution in [0.3, 0.4) is 0 Å². The normalized spacial score (nSPS) is 11.7. The van der Waals surface area contributed by atoms with Crippen molar-refractivity contribution in [2.75, 3.05) is 10.6 Å². The van der Waals surface area contributed by atoms with Gasteiger partial charge in [0.15, 0.2) is 5.01 Å². The minimum atomic E-state index is -0.409. The number of ether oxygens (including phenoxy) is 1. The van der Waals surface area contributed by atoms with Crippen LogP contribution in [0.1, 0.15) is 36.8 Å². The minimum Gasteiger partial charge on any atom is -0.486 e. The fraction of sp³-hybridized carbons (Fsp3) is 0.250. The molecule has 3 aromatic rings. The Hall–Kier alpha value is -2.64. The second-order valence-corrected chi connectivity index (χ2v) is 7.72. The van der Waals surface area contributed by atoms with E-state index < -0.39 is 6.03 Å². The van der Waals surface area contributed by atoms with Crippen LogP contribution < -0.4 is 15.4 Å². The lowest BCUT2D eigenvalue weighted by atomic mass is 9.98. The van der Waals surface area contributed by atoms with Gasteiger partial charge in [-0.1, -0.05) is 61.1 Å². The molecular formula is C20H21ClN4O2S. The lowest BCUT2D eigenvalue weighted by molar-refractivity contribution is 0.262. The van der Waals surface area contributed by atoms with E-state index in [9.17, 15) is 4.79 Å². The Labute approximate surface area is 172 Å². The molecule has 0 saturated heterocycles. The molecule has 28 heavy (non-hydrogen) atoms. The van der Waals surface area contributed by atoms with Crippen LogP contribution in [0.4, 0.5) is 15.6 Å². The number of carbonyl (C=O) groups is 1. The number of urea groups is 1. The van der Waals surface area contributed by atoms with E-state index >= 15 is 0 Å². The molecule has 1 heterocycles. The molecule has 0 aliphatic rings. The van der Waals surface area contributed by atoms with Crippen molar-refractivity contribution in [2.24, 2.45) is 0 Å². The van der Waals surface area contributed by atoms with Gasteiger partial charge in [-0.3, -0.25) is 5.32 Å². The Morgan fingerprint density at radius 3 is 2.79 bits per heavy atom. The first kappa shape index (κ1) is 20.1. The molecule has 0 radical (unpaired) electrons. The van der Waals surface area contributed by atoms with Crippen LogP contribution in [-0.2, 0) is 6.61 Å². The van der Waals surface area contributed by atoms with Crippen molar-refractivity contribution in [1.82, 2.24) is 10.2 Å². The molecule has 0 saturated carbocycles. The van der Waals surface area contributed by atoms with E-state index in [-0.39, 0.29) is 0 Å². The van der Waals surface area contributed by atoms with Gasteiger partial charge in [0.1, 0.15) is 12.4 Å². The zero-order valence-corrected chi connectivity index (χ0v) is 17.2. The standard InChI is InChI=1S/C20H21ClN4O2S/c1-3-13(2)16-9-4-5-10-17(16)27-12-18-24-25-20(28-18)23-19(26)22-15-8-6-7-14(21)11-15/h4-11,13H,3,12H2,1-2H3,(H2,22,23,25,26)/t13-/m0/s1. The molecule has 3 rings (SSSR count). The number of benzene rings is 2. The third-order valence-electron chi connectivity index (χ3n) is 4.18.